The number of amides is 1. The quantitative estimate of drug-likeness (QED) is 0.381. The van der Waals surface area contributed by atoms with Crippen molar-refractivity contribution in [1.29, 1.82) is 0 Å². The first-order valence-corrected chi connectivity index (χ1v) is 12.3. The van der Waals surface area contributed by atoms with Crippen molar-refractivity contribution >= 4 is 29.0 Å². The third-order valence-electron chi connectivity index (χ3n) is 5.96. The first-order chi connectivity index (χ1) is 17.0. The highest BCUT2D eigenvalue weighted by atomic mass is 32.1. The lowest BCUT2D eigenvalue weighted by molar-refractivity contribution is 0.0746. The molecule has 1 saturated heterocycles. The van der Waals surface area contributed by atoms with Crippen LogP contribution in [0.25, 0.3) is 22.3 Å². The number of nitrogens with zero attached hydrogens (tertiary/aromatic N) is 5. The summed E-state index contributed by atoms with van der Waals surface area (Å²) in [5.41, 5.74) is 1.62. The molecule has 1 amide bonds. The molecule has 11 nitrogen and oxygen atoms in total. The summed E-state index contributed by atoms with van der Waals surface area (Å²) in [4.78, 5) is 42.4. The average molecular weight is 494 g/mol. The van der Waals surface area contributed by atoms with Gasteiger partial charge in [0.05, 0.1) is 34.3 Å². The van der Waals surface area contributed by atoms with Crippen LogP contribution in [0.3, 0.4) is 0 Å². The third-order valence-corrected chi connectivity index (χ3v) is 7.05. The zero-order chi connectivity index (χ0) is 23.9. The fraction of sp³-hybridized carbons (Fsp3) is 0.348. The molecule has 0 unspecified atom stereocenters. The molecular formula is C23H23N7O4S. The lowest BCUT2D eigenvalue weighted by Crippen LogP contribution is -2.32. The highest BCUT2D eigenvalue weighted by molar-refractivity contribution is 7.17. The van der Waals surface area contributed by atoms with Crippen LogP contribution in [0, 0.1) is 0 Å². The summed E-state index contributed by atoms with van der Waals surface area (Å²) in [6, 6.07) is 5.89. The van der Waals surface area contributed by atoms with Crippen LogP contribution in [0.4, 0.5) is 0 Å². The average Bonchev–Trinajstić information content (AvgIpc) is 3.34. The summed E-state index contributed by atoms with van der Waals surface area (Å²) < 4.78 is 7.13. The minimum absolute atomic E-state index is 0.000909. The number of carbonyl (C=O) groups is 1. The van der Waals surface area contributed by atoms with Gasteiger partial charge >= 0.3 is 5.69 Å². The summed E-state index contributed by atoms with van der Waals surface area (Å²) in [7, 11) is 0. The standard InChI is InChI=1S/C23H23N7O4S/c31-21-16(27-23(33)28-21)10-13-12-24-30-19(25-14-2-3-14)11-15(26-20(13)30)17-4-5-18(35-17)22(32)29-6-1-8-34-9-7-29/h4-5,10-12,14,31H,1-3,6-9H2,(H2,27,28,33)/b13-10-,25-19?. The van der Waals surface area contributed by atoms with E-state index in [4.69, 9.17) is 14.7 Å². The number of H-pyrrole nitrogens is 2. The molecule has 2 aliphatic rings. The number of thiophene rings is 1. The topological polar surface area (TPSA) is 141 Å². The Morgan fingerprint density at radius 2 is 2.14 bits per heavy atom. The van der Waals surface area contributed by atoms with Gasteiger partial charge in [-0.15, -0.1) is 11.3 Å². The molecule has 1 aliphatic heterocycles. The molecule has 1 aliphatic carbocycles. The predicted molar refractivity (Wildman–Crippen MR) is 128 cm³/mol. The van der Waals surface area contributed by atoms with Crippen molar-refractivity contribution in [3.8, 4) is 16.5 Å². The molecule has 35 heavy (non-hydrogen) atoms. The fourth-order valence-electron chi connectivity index (χ4n) is 4.02. The number of aromatic nitrogens is 5. The molecule has 4 aromatic rings. The monoisotopic (exact) mass is 493 g/mol. The van der Waals surface area contributed by atoms with Gasteiger partial charge in [-0.2, -0.15) is 9.61 Å². The lowest BCUT2D eigenvalue weighted by Gasteiger charge is -2.18. The number of aromatic hydroxyl groups is 1. The van der Waals surface area contributed by atoms with Crippen molar-refractivity contribution in [2.75, 3.05) is 26.3 Å². The third kappa shape index (κ3) is 4.37. The summed E-state index contributed by atoms with van der Waals surface area (Å²) >= 11 is 1.40. The van der Waals surface area contributed by atoms with Crippen LogP contribution in [0.2, 0.25) is 0 Å². The van der Waals surface area contributed by atoms with Gasteiger partial charge in [-0.3, -0.25) is 14.8 Å². The van der Waals surface area contributed by atoms with E-state index >= 15 is 0 Å². The van der Waals surface area contributed by atoms with E-state index in [9.17, 15) is 14.7 Å². The SMILES string of the molecule is O=C(c1ccc(-c2cc(=NC3CC3)n3nc/c(=C/c4[nH]c(=O)[nH]c4O)c3n2)s1)N1CCCOCC1. The van der Waals surface area contributed by atoms with E-state index in [2.05, 4.69) is 15.1 Å². The van der Waals surface area contributed by atoms with E-state index in [1.165, 1.54) is 11.3 Å². The number of imidazole rings is 1. The van der Waals surface area contributed by atoms with Gasteiger partial charge in [-0.05, 0) is 37.5 Å². The van der Waals surface area contributed by atoms with Crippen LogP contribution in [-0.2, 0) is 4.74 Å². The molecule has 0 atom stereocenters. The number of aromatic amines is 2. The van der Waals surface area contributed by atoms with Crippen molar-refractivity contribution in [3.05, 3.63) is 56.2 Å². The Kier molecular flexibility index (Phi) is 5.46. The molecule has 4 aromatic heterocycles. The highest BCUT2D eigenvalue weighted by Crippen LogP contribution is 2.28. The number of hydrogen-bond donors (Lipinski definition) is 3. The van der Waals surface area contributed by atoms with E-state index in [-0.39, 0.29) is 23.5 Å². The number of hydrogen-bond acceptors (Lipinski definition) is 8. The second-order valence-electron chi connectivity index (χ2n) is 8.60. The molecule has 0 radical (unpaired) electrons. The maximum absolute atomic E-state index is 13.0. The van der Waals surface area contributed by atoms with Gasteiger partial charge in [0.2, 0.25) is 5.88 Å². The van der Waals surface area contributed by atoms with Gasteiger partial charge in [0.25, 0.3) is 5.91 Å². The molecule has 3 N–H and O–H groups in total. The van der Waals surface area contributed by atoms with E-state index in [1.54, 1.807) is 16.8 Å². The number of carbonyl (C=O) groups excluding carboxylic acids is 1. The minimum Gasteiger partial charge on any atom is -0.493 e. The minimum atomic E-state index is -0.505. The Hall–Kier alpha value is -3.77. The zero-order valence-corrected chi connectivity index (χ0v) is 19.5. The Morgan fingerprint density at radius 1 is 1.26 bits per heavy atom. The first-order valence-electron chi connectivity index (χ1n) is 11.5. The Labute approximate surface area is 202 Å². The van der Waals surface area contributed by atoms with Gasteiger partial charge in [-0.25, -0.2) is 9.78 Å². The molecule has 180 valence electrons. The lowest BCUT2D eigenvalue weighted by atomic mass is 10.3. The highest BCUT2D eigenvalue weighted by Gasteiger charge is 2.22. The van der Waals surface area contributed by atoms with Crippen LogP contribution < -0.4 is 16.4 Å². The summed E-state index contributed by atoms with van der Waals surface area (Å²) in [5, 5.41) is 15.0. The van der Waals surface area contributed by atoms with E-state index in [1.807, 2.05) is 23.1 Å². The van der Waals surface area contributed by atoms with Crippen LogP contribution in [0.1, 0.15) is 34.6 Å². The Morgan fingerprint density at radius 3 is 2.94 bits per heavy atom. The van der Waals surface area contributed by atoms with Crippen LogP contribution in [0.5, 0.6) is 5.88 Å². The number of nitrogens with one attached hydrogen (secondary N) is 2. The Balaban J connectivity index is 1.43. The zero-order valence-electron chi connectivity index (χ0n) is 18.7. The maximum atomic E-state index is 13.0. The molecule has 0 bridgehead atoms. The summed E-state index contributed by atoms with van der Waals surface area (Å²) in [6.45, 7) is 2.50. The summed E-state index contributed by atoms with van der Waals surface area (Å²) in [5.74, 6) is -0.255. The van der Waals surface area contributed by atoms with E-state index in [0.29, 0.717) is 53.2 Å². The molecule has 5 heterocycles. The normalized spacial score (nSPS) is 17.9. The number of rotatable bonds is 4. The molecule has 0 spiro atoms. The molecule has 2 fully saturated rings. The number of ether oxygens (including phenoxy) is 1. The molecule has 0 aromatic carbocycles. The Bertz CT molecular complexity index is 1590. The van der Waals surface area contributed by atoms with Crippen LogP contribution in [0.15, 0.2) is 34.2 Å². The molecule has 6 rings (SSSR count). The largest absolute Gasteiger partial charge is 0.493 e. The second kappa shape index (κ2) is 8.78. The predicted octanol–water partition coefficient (Wildman–Crippen LogP) is 0.653. The van der Waals surface area contributed by atoms with Crippen molar-refractivity contribution in [1.82, 2.24) is 29.5 Å². The van der Waals surface area contributed by atoms with Gasteiger partial charge in [0.15, 0.2) is 11.1 Å². The molecular weight excluding hydrogens is 470 g/mol. The van der Waals surface area contributed by atoms with Crippen molar-refractivity contribution in [3.63, 3.8) is 0 Å². The smallest absolute Gasteiger partial charge is 0.326 e. The van der Waals surface area contributed by atoms with E-state index in [0.717, 1.165) is 24.1 Å². The van der Waals surface area contributed by atoms with Gasteiger partial charge in [-0.1, -0.05) is 0 Å². The van der Waals surface area contributed by atoms with Gasteiger partial charge < -0.3 is 19.7 Å². The summed E-state index contributed by atoms with van der Waals surface area (Å²) in [6.07, 6.45) is 6.13. The first kappa shape index (κ1) is 21.7. The molecule has 1 saturated carbocycles. The number of fused-ring (bicyclic) bond motifs is 1. The van der Waals surface area contributed by atoms with Crippen molar-refractivity contribution in [2.24, 2.45) is 4.99 Å². The van der Waals surface area contributed by atoms with Crippen LogP contribution >= 0.6 is 11.3 Å². The maximum Gasteiger partial charge on any atom is 0.326 e. The second-order valence-corrected chi connectivity index (χ2v) is 9.69. The molecule has 12 heteroatoms. The fourth-order valence-corrected chi connectivity index (χ4v) is 4.95. The van der Waals surface area contributed by atoms with Crippen molar-refractivity contribution in [2.45, 2.75) is 25.3 Å². The van der Waals surface area contributed by atoms with Crippen molar-refractivity contribution < 1.29 is 14.6 Å². The van der Waals surface area contributed by atoms with Gasteiger partial charge in [0, 0.05) is 31.0 Å². The van der Waals surface area contributed by atoms with Gasteiger partial charge in [0.1, 0.15) is 5.69 Å². The van der Waals surface area contributed by atoms with E-state index < -0.39 is 5.69 Å². The van der Waals surface area contributed by atoms with Crippen LogP contribution in [-0.4, -0.2) is 72.8 Å².